The average molecular weight is 645 g/mol. The Morgan fingerprint density at radius 1 is 0.614 bits per heavy atom. The summed E-state index contributed by atoms with van der Waals surface area (Å²) >= 11 is 0. The first-order valence-electron chi connectivity index (χ1n) is 13.0. The monoisotopic (exact) mass is 644 g/mol. The Hall–Kier alpha value is -4.46. The van der Waals surface area contributed by atoms with Crippen LogP contribution < -0.4 is 27.3 Å². The molecule has 0 spiro atoms. The molecule has 0 aliphatic heterocycles. The van der Waals surface area contributed by atoms with Crippen LogP contribution in [0.25, 0.3) is 22.3 Å². The predicted molar refractivity (Wildman–Crippen MR) is 165 cm³/mol. The van der Waals surface area contributed by atoms with Gasteiger partial charge >= 0.3 is 20.2 Å². The summed E-state index contributed by atoms with van der Waals surface area (Å²) in [5.41, 5.74) is 2.98. The topological polar surface area (TPSA) is 133 Å². The molecule has 0 atom stereocenters. The second-order valence-electron chi connectivity index (χ2n) is 9.45. The number of benzene rings is 4. The Morgan fingerprint density at radius 2 is 1.27 bits per heavy atom. The van der Waals surface area contributed by atoms with Crippen molar-refractivity contribution in [1.29, 1.82) is 0 Å². The molecule has 234 valence electrons. The fourth-order valence-corrected chi connectivity index (χ4v) is 5.25. The summed E-state index contributed by atoms with van der Waals surface area (Å²) in [4.78, 5) is 0. The van der Waals surface area contributed by atoms with E-state index in [0.717, 1.165) is 18.1 Å². The van der Waals surface area contributed by atoms with Gasteiger partial charge in [-0.25, -0.2) is 0 Å². The number of ether oxygens (including phenoxy) is 5. The van der Waals surface area contributed by atoms with Gasteiger partial charge in [0.2, 0.25) is 0 Å². The molecule has 44 heavy (non-hydrogen) atoms. The minimum Gasteiger partial charge on any atom is -0.496 e. The van der Waals surface area contributed by atoms with Crippen LogP contribution in [0.4, 0.5) is 0 Å². The van der Waals surface area contributed by atoms with Crippen LogP contribution >= 0.6 is 0 Å². The summed E-state index contributed by atoms with van der Waals surface area (Å²) in [6, 6.07) is 22.3. The smallest absolute Gasteiger partial charge is 0.306 e. The van der Waals surface area contributed by atoms with E-state index in [1.54, 1.807) is 30.3 Å². The molecule has 4 aromatic carbocycles. The summed E-state index contributed by atoms with van der Waals surface area (Å²) in [5, 5.41) is 0. The molecule has 4 rings (SSSR count). The van der Waals surface area contributed by atoms with E-state index in [2.05, 4.69) is 0 Å². The zero-order chi connectivity index (χ0) is 31.9. The molecule has 4 aromatic rings. The summed E-state index contributed by atoms with van der Waals surface area (Å²) in [5.74, 6) is 1.22. The SMILES string of the molecule is COCOc1c(OC)c(-c2ccc(OS(C)(=O)=O)cc2)cc(OC)c1-c1ccc(OCc2ccccc2)c(OS(C)(=O)=O)c1. The molecule has 11 nitrogen and oxygen atoms in total. The molecule has 0 aliphatic carbocycles. The summed E-state index contributed by atoms with van der Waals surface area (Å²) < 4.78 is 86.5. The standard InChI is InChI=1S/C31H32O11S2/c1-36-20-40-31-29(23-13-16-26(27(17-23)42-44(5,34)35)39-19-21-9-7-6-8-10-21)28(37-2)18-25(30(31)38-3)22-11-14-24(15-12-22)41-43(4,32)33/h6-18H,19-20H2,1-5H3. The Labute approximate surface area is 257 Å². The van der Waals surface area contributed by atoms with Crippen molar-refractivity contribution in [3.63, 3.8) is 0 Å². The third kappa shape index (κ3) is 8.34. The van der Waals surface area contributed by atoms with Crippen molar-refractivity contribution in [2.24, 2.45) is 0 Å². The Bertz CT molecular complexity index is 1800. The van der Waals surface area contributed by atoms with Gasteiger partial charge in [-0.1, -0.05) is 48.5 Å². The van der Waals surface area contributed by atoms with Crippen molar-refractivity contribution in [3.8, 4) is 56.8 Å². The van der Waals surface area contributed by atoms with Crippen LogP contribution in [0.1, 0.15) is 5.56 Å². The molecule has 0 unspecified atom stereocenters. The molecule has 0 aliphatic rings. The highest BCUT2D eigenvalue weighted by atomic mass is 32.2. The quantitative estimate of drug-likeness (QED) is 0.131. The Balaban J connectivity index is 1.86. The van der Waals surface area contributed by atoms with Crippen LogP contribution in [0.3, 0.4) is 0 Å². The Morgan fingerprint density at radius 3 is 1.86 bits per heavy atom. The van der Waals surface area contributed by atoms with Crippen molar-refractivity contribution in [2.45, 2.75) is 6.61 Å². The van der Waals surface area contributed by atoms with Gasteiger partial charge < -0.3 is 32.1 Å². The van der Waals surface area contributed by atoms with E-state index < -0.39 is 20.2 Å². The molecule has 13 heteroatoms. The number of hydrogen-bond acceptors (Lipinski definition) is 11. The predicted octanol–water partition coefficient (Wildman–Crippen LogP) is 5.28. The second kappa shape index (κ2) is 13.9. The van der Waals surface area contributed by atoms with Gasteiger partial charge in [-0.15, -0.1) is 0 Å². The average Bonchev–Trinajstić information content (AvgIpc) is 2.98. The van der Waals surface area contributed by atoms with Gasteiger partial charge in [-0.3, -0.25) is 0 Å². The third-order valence-electron chi connectivity index (χ3n) is 6.07. The van der Waals surface area contributed by atoms with Crippen molar-refractivity contribution in [2.75, 3.05) is 40.6 Å². The number of methoxy groups -OCH3 is 3. The molecular formula is C31H32O11S2. The minimum absolute atomic E-state index is 0.0369. The van der Waals surface area contributed by atoms with Gasteiger partial charge in [-0.2, -0.15) is 16.8 Å². The molecule has 0 fully saturated rings. The molecule has 0 aromatic heterocycles. The van der Waals surface area contributed by atoms with Gasteiger partial charge in [0.25, 0.3) is 0 Å². The lowest BCUT2D eigenvalue weighted by Crippen LogP contribution is -2.08. The maximum Gasteiger partial charge on any atom is 0.306 e. The first kappa shape index (κ1) is 32.5. The highest BCUT2D eigenvalue weighted by Gasteiger charge is 2.25. The molecule has 0 bridgehead atoms. The van der Waals surface area contributed by atoms with Crippen LogP contribution in [0.5, 0.6) is 34.5 Å². The lowest BCUT2D eigenvalue weighted by atomic mass is 9.96. The van der Waals surface area contributed by atoms with Crippen LogP contribution in [-0.4, -0.2) is 57.5 Å². The second-order valence-corrected chi connectivity index (χ2v) is 12.6. The number of hydrogen-bond donors (Lipinski definition) is 0. The fraction of sp³-hybridized carbons (Fsp3) is 0.226. The van der Waals surface area contributed by atoms with E-state index in [-0.39, 0.29) is 36.4 Å². The molecule has 0 saturated carbocycles. The zero-order valence-corrected chi connectivity index (χ0v) is 26.4. The van der Waals surface area contributed by atoms with E-state index in [4.69, 9.17) is 32.1 Å². The van der Waals surface area contributed by atoms with Crippen LogP contribution in [-0.2, 0) is 31.6 Å². The maximum absolute atomic E-state index is 12.2. The molecule has 0 amide bonds. The molecule has 0 heterocycles. The van der Waals surface area contributed by atoms with Crippen LogP contribution in [0.15, 0.2) is 78.9 Å². The van der Waals surface area contributed by atoms with Gasteiger partial charge in [0.1, 0.15) is 18.1 Å². The highest BCUT2D eigenvalue weighted by molar-refractivity contribution is 7.86. The van der Waals surface area contributed by atoms with Crippen molar-refractivity contribution in [1.82, 2.24) is 0 Å². The van der Waals surface area contributed by atoms with Crippen molar-refractivity contribution >= 4 is 20.2 Å². The van der Waals surface area contributed by atoms with Crippen LogP contribution in [0.2, 0.25) is 0 Å². The third-order valence-corrected chi connectivity index (χ3v) is 7.05. The van der Waals surface area contributed by atoms with E-state index in [9.17, 15) is 16.8 Å². The van der Waals surface area contributed by atoms with E-state index in [0.29, 0.717) is 33.8 Å². The first-order chi connectivity index (χ1) is 20.9. The van der Waals surface area contributed by atoms with E-state index in [1.165, 1.54) is 39.5 Å². The van der Waals surface area contributed by atoms with Gasteiger partial charge in [0.15, 0.2) is 29.8 Å². The van der Waals surface area contributed by atoms with Crippen molar-refractivity contribution in [3.05, 3.63) is 84.4 Å². The van der Waals surface area contributed by atoms with E-state index in [1.807, 2.05) is 30.3 Å². The lowest BCUT2D eigenvalue weighted by Gasteiger charge is -2.22. The van der Waals surface area contributed by atoms with Gasteiger partial charge in [0.05, 0.1) is 32.3 Å². The lowest BCUT2D eigenvalue weighted by molar-refractivity contribution is 0.0495. The molecule has 0 saturated heterocycles. The van der Waals surface area contributed by atoms with Crippen molar-refractivity contribution < 1.29 is 48.9 Å². The number of rotatable bonds is 14. The summed E-state index contributed by atoms with van der Waals surface area (Å²) in [6.07, 6.45) is 1.90. The van der Waals surface area contributed by atoms with Gasteiger partial charge in [-0.05, 0) is 47.0 Å². The largest absolute Gasteiger partial charge is 0.496 e. The van der Waals surface area contributed by atoms with Gasteiger partial charge in [0, 0.05) is 12.7 Å². The fourth-order valence-electron chi connectivity index (χ4n) is 4.33. The maximum atomic E-state index is 12.2. The molecule has 0 radical (unpaired) electrons. The summed E-state index contributed by atoms with van der Waals surface area (Å²) in [6.45, 7) is 0.0322. The van der Waals surface area contributed by atoms with E-state index >= 15 is 0 Å². The first-order valence-corrected chi connectivity index (χ1v) is 16.7. The van der Waals surface area contributed by atoms with Crippen LogP contribution in [0, 0.1) is 0 Å². The molecule has 0 N–H and O–H groups in total. The Kier molecular flexibility index (Phi) is 10.2. The molecular weight excluding hydrogens is 612 g/mol. The zero-order valence-electron chi connectivity index (χ0n) is 24.7. The minimum atomic E-state index is -3.93. The highest BCUT2D eigenvalue weighted by Crippen LogP contribution is 2.51. The summed E-state index contributed by atoms with van der Waals surface area (Å²) in [7, 11) is -3.22. The normalized spacial score (nSPS) is 11.5.